The molecule has 0 aromatic heterocycles. The summed E-state index contributed by atoms with van der Waals surface area (Å²) in [7, 11) is 0. The quantitative estimate of drug-likeness (QED) is 0.532. The Morgan fingerprint density at radius 1 is 1.50 bits per heavy atom. The maximum Gasteiger partial charge on any atom is 0.310 e. The first kappa shape index (κ1) is 11.6. The zero-order valence-electron chi connectivity index (χ0n) is 9.91. The molecule has 1 fully saturated rings. The number of hydrogen-bond donors (Lipinski definition) is 0. The number of fused-ring (bicyclic) bond motifs is 2. The topological polar surface area (TPSA) is 35.5 Å². The summed E-state index contributed by atoms with van der Waals surface area (Å²) in [6, 6.07) is 0. The predicted octanol–water partition coefficient (Wildman–Crippen LogP) is 2.95. The van der Waals surface area contributed by atoms with Gasteiger partial charge >= 0.3 is 5.97 Å². The van der Waals surface area contributed by atoms with Crippen molar-refractivity contribution in [1.82, 2.24) is 0 Å². The van der Waals surface area contributed by atoms with Crippen LogP contribution in [0.15, 0.2) is 11.8 Å². The van der Waals surface area contributed by atoms with Gasteiger partial charge < -0.3 is 9.47 Å². The molecule has 2 aliphatic rings. The smallest absolute Gasteiger partial charge is 0.310 e. The van der Waals surface area contributed by atoms with Crippen molar-refractivity contribution in [2.24, 2.45) is 0 Å². The van der Waals surface area contributed by atoms with E-state index in [1.165, 1.54) is 0 Å². The van der Waals surface area contributed by atoms with Crippen LogP contribution < -0.4 is 0 Å². The minimum Gasteiger partial charge on any atom is -0.431 e. The number of unbranched alkanes of at least 4 members (excludes halogenated alkanes) is 2. The Balaban J connectivity index is 1.75. The van der Waals surface area contributed by atoms with Gasteiger partial charge in [0.05, 0.1) is 12.2 Å². The number of rotatable bonds is 5. The largest absolute Gasteiger partial charge is 0.431 e. The third-order valence-electron chi connectivity index (χ3n) is 3.17. The summed E-state index contributed by atoms with van der Waals surface area (Å²) in [5.41, 5.74) is 0. The molecular weight excluding hydrogens is 204 g/mol. The zero-order chi connectivity index (χ0) is 11.4. The molecule has 3 nitrogen and oxygen atoms in total. The van der Waals surface area contributed by atoms with Crippen LogP contribution in [0.4, 0.5) is 0 Å². The number of carbonyl (C=O) groups is 1. The molecule has 2 unspecified atom stereocenters. The number of hydrogen-bond acceptors (Lipinski definition) is 3. The van der Waals surface area contributed by atoms with Crippen molar-refractivity contribution in [2.75, 3.05) is 0 Å². The van der Waals surface area contributed by atoms with E-state index in [0.717, 1.165) is 44.3 Å². The van der Waals surface area contributed by atoms with Gasteiger partial charge in [0.15, 0.2) is 0 Å². The highest BCUT2D eigenvalue weighted by Crippen LogP contribution is 2.32. The fourth-order valence-electron chi connectivity index (χ4n) is 2.30. The van der Waals surface area contributed by atoms with Gasteiger partial charge in [0.1, 0.15) is 5.76 Å². The van der Waals surface area contributed by atoms with Crippen LogP contribution in [-0.2, 0) is 14.3 Å². The van der Waals surface area contributed by atoms with Crippen LogP contribution in [0.5, 0.6) is 0 Å². The Hall–Kier alpha value is -0.830. The molecule has 2 atom stereocenters. The Morgan fingerprint density at radius 2 is 2.38 bits per heavy atom. The molecule has 0 aliphatic carbocycles. The summed E-state index contributed by atoms with van der Waals surface area (Å²) < 4.78 is 11.0. The van der Waals surface area contributed by atoms with Crippen LogP contribution in [0.25, 0.3) is 0 Å². The van der Waals surface area contributed by atoms with Crippen molar-refractivity contribution < 1.29 is 14.3 Å². The number of carbonyl (C=O) groups excluding carboxylic acids is 1. The average molecular weight is 224 g/mol. The maximum atomic E-state index is 11.5. The minimum atomic E-state index is -0.0824. The van der Waals surface area contributed by atoms with Gasteiger partial charge in [-0.3, -0.25) is 4.79 Å². The summed E-state index contributed by atoms with van der Waals surface area (Å²) >= 11 is 0. The van der Waals surface area contributed by atoms with Gasteiger partial charge in [0, 0.05) is 12.8 Å². The van der Waals surface area contributed by atoms with Crippen LogP contribution in [0.3, 0.4) is 0 Å². The van der Waals surface area contributed by atoms with Gasteiger partial charge in [0.25, 0.3) is 0 Å². The van der Waals surface area contributed by atoms with Crippen LogP contribution in [0.2, 0.25) is 0 Å². The van der Waals surface area contributed by atoms with Gasteiger partial charge in [0.2, 0.25) is 0 Å². The standard InChI is InChI=1S/C13H20O3/c1-2-3-4-5-13(14)16-12-8-10-6-7-11(9-12)15-10/h8,10-11H,2-7,9H2,1H3. The highest BCUT2D eigenvalue weighted by atomic mass is 16.5. The summed E-state index contributed by atoms with van der Waals surface area (Å²) in [4.78, 5) is 11.5. The van der Waals surface area contributed by atoms with Crippen molar-refractivity contribution >= 4 is 5.97 Å². The van der Waals surface area contributed by atoms with Crippen molar-refractivity contribution in [1.29, 1.82) is 0 Å². The molecule has 0 spiro atoms. The Kier molecular flexibility index (Phi) is 3.99. The van der Waals surface area contributed by atoms with Crippen LogP contribution in [-0.4, -0.2) is 18.2 Å². The van der Waals surface area contributed by atoms with E-state index in [1.807, 2.05) is 6.08 Å². The molecule has 2 rings (SSSR count). The second kappa shape index (κ2) is 5.48. The molecule has 0 saturated carbocycles. The van der Waals surface area contributed by atoms with E-state index in [2.05, 4.69) is 6.92 Å². The zero-order valence-corrected chi connectivity index (χ0v) is 9.91. The molecule has 0 aromatic rings. The number of ether oxygens (including phenoxy) is 2. The Labute approximate surface area is 96.8 Å². The van der Waals surface area contributed by atoms with Gasteiger partial charge in [-0.2, -0.15) is 0 Å². The summed E-state index contributed by atoms with van der Waals surface area (Å²) in [6.45, 7) is 2.13. The van der Waals surface area contributed by atoms with E-state index in [9.17, 15) is 4.79 Å². The van der Waals surface area contributed by atoms with E-state index in [1.54, 1.807) is 0 Å². The fraction of sp³-hybridized carbons (Fsp3) is 0.769. The second-order valence-corrected chi connectivity index (χ2v) is 4.64. The SMILES string of the molecule is CCCCCC(=O)OC1=CC2CCC(C1)O2. The van der Waals surface area contributed by atoms with Gasteiger partial charge in [-0.05, 0) is 25.3 Å². The van der Waals surface area contributed by atoms with Crippen LogP contribution in [0, 0.1) is 0 Å². The average Bonchev–Trinajstić information content (AvgIpc) is 2.58. The third kappa shape index (κ3) is 3.08. The summed E-state index contributed by atoms with van der Waals surface area (Å²) in [6.07, 6.45) is 9.10. The molecule has 2 aliphatic heterocycles. The van der Waals surface area contributed by atoms with E-state index < -0.39 is 0 Å². The molecule has 2 bridgehead atoms. The molecule has 90 valence electrons. The molecule has 0 N–H and O–H groups in total. The Bertz CT molecular complexity index is 283. The summed E-state index contributed by atoms with van der Waals surface area (Å²) in [5, 5.41) is 0. The minimum absolute atomic E-state index is 0.0824. The van der Waals surface area contributed by atoms with Crippen molar-refractivity contribution in [3.8, 4) is 0 Å². The van der Waals surface area contributed by atoms with Crippen molar-refractivity contribution in [3.63, 3.8) is 0 Å². The lowest BCUT2D eigenvalue weighted by Gasteiger charge is -2.19. The van der Waals surface area contributed by atoms with Crippen LogP contribution in [0.1, 0.15) is 51.9 Å². The lowest BCUT2D eigenvalue weighted by molar-refractivity contribution is -0.140. The normalized spacial score (nSPS) is 27.7. The molecule has 0 radical (unpaired) electrons. The fourth-order valence-corrected chi connectivity index (χ4v) is 2.30. The molecule has 3 heteroatoms. The molecule has 1 saturated heterocycles. The predicted molar refractivity (Wildman–Crippen MR) is 60.8 cm³/mol. The van der Waals surface area contributed by atoms with Crippen molar-refractivity contribution in [2.45, 2.75) is 64.1 Å². The van der Waals surface area contributed by atoms with Gasteiger partial charge in [-0.1, -0.05) is 19.8 Å². The van der Waals surface area contributed by atoms with Gasteiger partial charge in [-0.15, -0.1) is 0 Å². The number of esters is 1. The molecule has 16 heavy (non-hydrogen) atoms. The lowest BCUT2D eigenvalue weighted by Crippen LogP contribution is -2.19. The lowest BCUT2D eigenvalue weighted by atomic mass is 10.2. The molecular formula is C13H20O3. The first-order chi connectivity index (χ1) is 7.78. The highest BCUT2D eigenvalue weighted by molar-refractivity contribution is 5.70. The third-order valence-corrected chi connectivity index (χ3v) is 3.17. The van der Waals surface area contributed by atoms with E-state index >= 15 is 0 Å². The summed E-state index contributed by atoms with van der Waals surface area (Å²) in [5.74, 6) is 0.751. The van der Waals surface area contributed by atoms with Crippen molar-refractivity contribution in [3.05, 3.63) is 11.8 Å². The molecule has 0 amide bonds. The maximum absolute atomic E-state index is 11.5. The highest BCUT2D eigenvalue weighted by Gasteiger charge is 2.30. The van der Waals surface area contributed by atoms with Gasteiger partial charge in [-0.25, -0.2) is 0 Å². The second-order valence-electron chi connectivity index (χ2n) is 4.64. The first-order valence-corrected chi connectivity index (χ1v) is 6.34. The van der Waals surface area contributed by atoms with E-state index in [4.69, 9.17) is 9.47 Å². The molecule has 0 aromatic carbocycles. The van der Waals surface area contributed by atoms with E-state index in [0.29, 0.717) is 6.42 Å². The van der Waals surface area contributed by atoms with E-state index in [-0.39, 0.29) is 18.2 Å². The Morgan fingerprint density at radius 3 is 3.12 bits per heavy atom. The molecule has 2 heterocycles. The first-order valence-electron chi connectivity index (χ1n) is 6.34. The monoisotopic (exact) mass is 224 g/mol. The van der Waals surface area contributed by atoms with Crippen LogP contribution >= 0.6 is 0 Å².